The third-order valence-electron chi connectivity index (χ3n) is 18.7. The number of ether oxygens (including phenoxy) is 2. The molecule has 0 N–H and O–H groups in total. The van der Waals surface area contributed by atoms with E-state index < -0.39 is 5.92 Å². The summed E-state index contributed by atoms with van der Waals surface area (Å²) in [6, 6.07) is 0. The van der Waals surface area contributed by atoms with E-state index in [4.69, 9.17) is 9.47 Å². The molecule has 292 valence electrons. The quantitative estimate of drug-likeness (QED) is 0.193. The highest BCUT2D eigenvalue weighted by Crippen LogP contribution is 2.68. The van der Waals surface area contributed by atoms with Crippen LogP contribution in [0, 0.1) is 74.9 Å². The smallest absolute Gasteiger partial charge is 0.309 e. The summed E-state index contributed by atoms with van der Waals surface area (Å²) >= 11 is 0. The molecule has 0 bridgehead atoms. The third kappa shape index (κ3) is 6.00. The molecule has 8 aliphatic carbocycles. The van der Waals surface area contributed by atoms with Crippen LogP contribution in [-0.2, 0) is 23.9 Å². The lowest BCUT2D eigenvalue weighted by molar-refractivity contribution is -0.162. The fourth-order valence-corrected chi connectivity index (χ4v) is 15.8. The maximum Gasteiger partial charge on any atom is 0.309 e. The molecule has 53 heavy (non-hydrogen) atoms. The molecule has 5 heteroatoms. The van der Waals surface area contributed by atoms with Gasteiger partial charge in [-0.3, -0.25) is 14.4 Å². The molecule has 0 aromatic rings. The topological polar surface area (TPSA) is 69.7 Å². The van der Waals surface area contributed by atoms with Crippen LogP contribution in [0.25, 0.3) is 0 Å². The van der Waals surface area contributed by atoms with Gasteiger partial charge in [0.2, 0.25) is 0 Å². The van der Waals surface area contributed by atoms with E-state index in [1.165, 1.54) is 61.7 Å². The summed E-state index contributed by atoms with van der Waals surface area (Å²) in [4.78, 5) is 39.2. The molecule has 8 rings (SSSR count). The summed E-state index contributed by atoms with van der Waals surface area (Å²) < 4.78 is 12.3. The molecule has 6 fully saturated rings. The van der Waals surface area contributed by atoms with Crippen LogP contribution in [0.2, 0.25) is 0 Å². The van der Waals surface area contributed by atoms with Gasteiger partial charge in [0.25, 0.3) is 0 Å². The van der Waals surface area contributed by atoms with Gasteiger partial charge >= 0.3 is 11.9 Å². The van der Waals surface area contributed by atoms with Gasteiger partial charge in [-0.25, -0.2) is 0 Å². The first kappa shape index (κ1) is 37.7. The minimum absolute atomic E-state index is 0.0795. The molecular formula is C48H70O5. The summed E-state index contributed by atoms with van der Waals surface area (Å²) in [5, 5.41) is 0. The van der Waals surface area contributed by atoms with Crippen LogP contribution in [0.1, 0.15) is 158 Å². The lowest BCUT2D eigenvalue weighted by atomic mass is 9.47. The number of carbonyl (C=O) groups excluding carboxylic acids is 3. The summed E-state index contributed by atoms with van der Waals surface area (Å²) in [7, 11) is 0. The molecule has 0 aromatic heterocycles. The number of hydrogen-bond acceptors (Lipinski definition) is 5. The van der Waals surface area contributed by atoms with Crippen LogP contribution in [-0.4, -0.2) is 29.9 Å². The van der Waals surface area contributed by atoms with Gasteiger partial charge < -0.3 is 9.47 Å². The molecule has 15 atom stereocenters. The van der Waals surface area contributed by atoms with Crippen LogP contribution < -0.4 is 0 Å². The van der Waals surface area contributed by atoms with Crippen molar-refractivity contribution in [3.05, 3.63) is 35.5 Å². The molecule has 0 radical (unpaired) electrons. The highest BCUT2D eigenvalue weighted by molar-refractivity contribution is 5.80. The number of hydrogen-bond donors (Lipinski definition) is 0. The van der Waals surface area contributed by atoms with Gasteiger partial charge in [-0.2, -0.15) is 0 Å². The van der Waals surface area contributed by atoms with Gasteiger partial charge in [0.1, 0.15) is 18.0 Å². The van der Waals surface area contributed by atoms with Gasteiger partial charge in [0.15, 0.2) is 0 Å². The Bertz CT molecular complexity index is 1590. The first-order valence-electron chi connectivity index (χ1n) is 22.0. The molecular weight excluding hydrogens is 657 g/mol. The van der Waals surface area contributed by atoms with Crippen LogP contribution in [0.4, 0.5) is 0 Å². The summed E-state index contributed by atoms with van der Waals surface area (Å²) in [6.45, 7) is 20.2. The van der Waals surface area contributed by atoms with Gasteiger partial charge in [-0.05, 0) is 167 Å². The van der Waals surface area contributed by atoms with Gasteiger partial charge in [-0.15, -0.1) is 0 Å². The van der Waals surface area contributed by atoms with Crippen LogP contribution in [0.5, 0.6) is 0 Å². The molecule has 0 heterocycles. The Hall–Kier alpha value is -2.17. The Labute approximate surface area is 320 Å². The third-order valence-corrected chi connectivity index (χ3v) is 18.7. The molecule has 0 spiro atoms. The van der Waals surface area contributed by atoms with E-state index in [0.29, 0.717) is 34.9 Å². The zero-order chi connectivity index (χ0) is 37.7. The monoisotopic (exact) mass is 727 g/mol. The predicted molar refractivity (Wildman–Crippen MR) is 209 cm³/mol. The van der Waals surface area contributed by atoms with Gasteiger partial charge in [-0.1, -0.05) is 70.1 Å². The standard InChI is InChI=1S/C48H70O5/c1-28(2)37-13-15-39-35-11-10-32-27-34(18-22-46(32,6)41(35)19-23-47(37,39)7)53-44(51)29(3)25-43(50)52-33-17-21-45(5)31(26-33)9-12-36-40-16-14-38(30(4)49)48(40,8)24-20-42(36)45/h9-10,29,33-42H,1,11-27H2,2-8H3. The lowest BCUT2D eigenvalue weighted by Crippen LogP contribution is -2.51. The zero-order valence-corrected chi connectivity index (χ0v) is 34.3. The van der Waals surface area contributed by atoms with Gasteiger partial charge in [0.05, 0.1) is 12.3 Å². The number of rotatable bonds is 7. The second-order valence-electron chi connectivity index (χ2n) is 21.1. The van der Waals surface area contributed by atoms with E-state index >= 15 is 0 Å². The fourth-order valence-electron chi connectivity index (χ4n) is 15.8. The van der Waals surface area contributed by atoms with Crippen molar-refractivity contribution in [3.8, 4) is 0 Å². The van der Waals surface area contributed by atoms with Crippen molar-refractivity contribution >= 4 is 17.7 Å². The highest BCUT2D eigenvalue weighted by atomic mass is 16.6. The molecule has 0 aromatic carbocycles. The van der Waals surface area contributed by atoms with E-state index in [2.05, 4.69) is 53.3 Å². The largest absolute Gasteiger partial charge is 0.462 e. The number of ketones is 1. The van der Waals surface area contributed by atoms with E-state index in [1.54, 1.807) is 0 Å². The minimum atomic E-state index is -0.509. The second-order valence-corrected chi connectivity index (χ2v) is 21.1. The summed E-state index contributed by atoms with van der Waals surface area (Å²) in [6.07, 6.45) is 22.6. The molecule has 6 saturated carbocycles. The van der Waals surface area contributed by atoms with E-state index in [9.17, 15) is 14.4 Å². The normalized spacial score (nSPS) is 47.5. The van der Waals surface area contributed by atoms with Crippen LogP contribution in [0.3, 0.4) is 0 Å². The maximum atomic E-state index is 13.4. The minimum Gasteiger partial charge on any atom is -0.462 e. The molecule has 5 nitrogen and oxygen atoms in total. The van der Waals surface area contributed by atoms with Crippen molar-refractivity contribution in [1.82, 2.24) is 0 Å². The average Bonchev–Trinajstić information content (AvgIpc) is 3.65. The molecule has 15 unspecified atom stereocenters. The Morgan fingerprint density at radius 1 is 0.679 bits per heavy atom. The molecule has 0 aliphatic heterocycles. The Morgan fingerprint density at radius 2 is 1.17 bits per heavy atom. The van der Waals surface area contributed by atoms with Crippen LogP contribution >= 0.6 is 0 Å². The fraction of sp³-hybridized carbons (Fsp3) is 0.812. The van der Waals surface area contributed by atoms with Crippen molar-refractivity contribution in [2.45, 2.75) is 170 Å². The van der Waals surface area contributed by atoms with Crippen molar-refractivity contribution in [2.75, 3.05) is 0 Å². The summed E-state index contributed by atoms with van der Waals surface area (Å²) in [5.41, 5.74) is 5.32. The SMILES string of the molecule is C=C(C)C1CCC2C3CC=C4CC(OC(=O)C(C)CC(=O)OC5CCC6(C)C(=CCC7C6CCC6(C)C(C(C)=O)CCC76)C5)CCC4(C)C3CCC12C. The lowest BCUT2D eigenvalue weighted by Gasteiger charge is -2.58. The Morgan fingerprint density at radius 3 is 1.68 bits per heavy atom. The highest BCUT2D eigenvalue weighted by Gasteiger charge is 2.61. The van der Waals surface area contributed by atoms with E-state index in [1.807, 2.05) is 13.8 Å². The summed E-state index contributed by atoms with van der Waals surface area (Å²) in [5.74, 6) is 4.50. The molecule has 0 amide bonds. The second kappa shape index (κ2) is 13.5. The Balaban J connectivity index is 0.831. The first-order valence-corrected chi connectivity index (χ1v) is 22.0. The van der Waals surface area contributed by atoms with E-state index in [0.717, 1.165) is 75.5 Å². The molecule has 0 saturated heterocycles. The molecule has 8 aliphatic rings. The van der Waals surface area contributed by atoms with Crippen molar-refractivity contribution < 1.29 is 23.9 Å². The number of esters is 2. The number of carbonyl (C=O) groups is 3. The van der Waals surface area contributed by atoms with Crippen molar-refractivity contribution in [2.24, 2.45) is 74.9 Å². The number of Topliss-reactive ketones (excluding diaryl/α,β-unsaturated/α-hetero) is 1. The Kier molecular flexibility index (Phi) is 9.61. The first-order chi connectivity index (χ1) is 25.1. The average molecular weight is 727 g/mol. The van der Waals surface area contributed by atoms with Crippen LogP contribution in [0.15, 0.2) is 35.5 Å². The maximum absolute atomic E-state index is 13.4. The van der Waals surface area contributed by atoms with Crippen molar-refractivity contribution in [1.29, 1.82) is 0 Å². The number of fused-ring (bicyclic) bond motifs is 10. The number of allylic oxidation sites excluding steroid dienone is 3. The van der Waals surface area contributed by atoms with Gasteiger partial charge in [0, 0.05) is 18.8 Å². The predicted octanol–water partition coefficient (Wildman–Crippen LogP) is 11.2. The van der Waals surface area contributed by atoms with E-state index in [-0.39, 0.29) is 52.7 Å². The zero-order valence-electron chi connectivity index (χ0n) is 34.3. The van der Waals surface area contributed by atoms with Crippen molar-refractivity contribution in [3.63, 3.8) is 0 Å².